The van der Waals surface area contributed by atoms with E-state index in [0.29, 0.717) is 5.25 Å². The lowest BCUT2D eigenvalue weighted by molar-refractivity contribution is 0.197. The molecule has 2 unspecified atom stereocenters. The third kappa shape index (κ3) is 1.23. The topological polar surface area (TPSA) is 46.2 Å². The Labute approximate surface area is 59.8 Å². The lowest BCUT2D eigenvalue weighted by Gasteiger charge is -2.24. The van der Waals surface area contributed by atoms with Crippen molar-refractivity contribution in [3.63, 3.8) is 0 Å². The van der Waals surface area contributed by atoms with E-state index in [4.69, 9.17) is 10.8 Å². The number of nitrogens with two attached hydrogens (primary N) is 1. The molecule has 1 rings (SSSR count). The maximum atomic E-state index is 8.86. The van der Waals surface area contributed by atoms with E-state index in [1.54, 1.807) is 0 Å². The molecule has 2 nitrogen and oxygen atoms in total. The number of hydrogen-bond donors (Lipinski definition) is 2. The molecule has 0 bridgehead atoms. The first-order chi connectivity index (χ1) is 4.19. The van der Waals surface area contributed by atoms with E-state index in [1.165, 1.54) is 0 Å². The molecule has 0 amide bonds. The quantitative estimate of drug-likeness (QED) is 0.557. The molecule has 0 aromatic carbocycles. The highest BCUT2D eigenvalue weighted by atomic mass is 32.2. The molecule has 0 radical (unpaired) electrons. The molecule has 3 heteroatoms. The molecule has 1 fully saturated rings. The molecule has 0 aromatic heterocycles. The molecule has 9 heavy (non-hydrogen) atoms. The average molecular weight is 147 g/mol. The van der Waals surface area contributed by atoms with Crippen LogP contribution in [0, 0.1) is 0 Å². The lowest BCUT2D eigenvalue weighted by Crippen LogP contribution is -2.48. The van der Waals surface area contributed by atoms with Crippen molar-refractivity contribution in [1.82, 2.24) is 0 Å². The van der Waals surface area contributed by atoms with Gasteiger partial charge in [-0.3, -0.25) is 0 Å². The van der Waals surface area contributed by atoms with Crippen LogP contribution in [0.4, 0.5) is 0 Å². The summed E-state index contributed by atoms with van der Waals surface area (Å²) in [6, 6.07) is 0. The van der Waals surface area contributed by atoms with E-state index in [1.807, 2.05) is 11.8 Å². The number of aliphatic hydroxyl groups is 1. The molecular weight excluding hydrogens is 134 g/mol. The van der Waals surface area contributed by atoms with Crippen LogP contribution in [-0.4, -0.2) is 28.3 Å². The highest BCUT2D eigenvalue weighted by Crippen LogP contribution is 2.32. The SMILES string of the molecule is CC1SCCC1(N)CO. The fraction of sp³-hybridized carbons (Fsp3) is 1.00. The zero-order valence-electron chi connectivity index (χ0n) is 5.63. The summed E-state index contributed by atoms with van der Waals surface area (Å²) < 4.78 is 0. The second-order valence-corrected chi connectivity index (χ2v) is 4.10. The van der Waals surface area contributed by atoms with Crippen LogP contribution in [0.5, 0.6) is 0 Å². The molecule has 1 heterocycles. The molecule has 1 saturated heterocycles. The number of aliphatic hydroxyl groups excluding tert-OH is 1. The Hall–Kier alpha value is 0.270. The summed E-state index contributed by atoms with van der Waals surface area (Å²) in [5.74, 6) is 1.10. The Balaban J connectivity index is 2.56. The van der Waals surface area contributed by atoms with Crippen LogP contribution in [-0.2, 0) is 0 Å². The zero-order valence-corrected chi connectivity index (χ0v) is 6.45. The van der Waals surface area contributed by atoms with Gasteiger partial charge in [-0.25, -0.2) is 0 Å². The van der Waals surface area contributed by atoms with Crippen LogP contribution in [0.25, 0.3) is 0 Å². The van der Waals surface area contributed by atoms with Crippen LogP contribution in [0.15, 0.2) is 0 Å². The van der Waals surface area contributed by atoms with Crippen LogP contribution in [0.1, 0.15) is 13.3 Å². The molecule has 0 saturated carbocycles. The van der Waals surface area contributed by atoms with Crippen LogP contribution in [0.2, 0.25) is 0 Å². The lowest BCUT2D eigenvalue weighted by atomic mass is 9.96. The van der Waals surface area contributed by atoms with Gasteiger partial charge in [-0.1, -0.05) is 6.92 Å². The Kier molecular flexibility index (Phi) is 2.03. The maximum Gasteiger partial charge on any atom is 0.0622 e. The zero-order chi connectivity index (χ0) is 6.91. The van der Waals surface area contributed by atoms with Crippen molar-refractivity contribution >= 4 is 11.8 Å². The summed E-state index contributed by atoms with van der Waals surface area (Å²) in [4.78, 5) is 0. The molecule has 3 N–H and O–H groups in total. The van der Waals surface area contributed by atoms with E-state index in [0.717, 1.165) is 12.2 Å². The van der Waals surface area contributed by atoms with Gasteiger partial charge in [0.25, 0.3) is 0 Å². The monoisotopic (exact) mass is 147 g/mol. The largest absolute Gasteiger partial charge is 0.394 e. The van der Waals surface area contributed by atoms with Crippen LogP contribution < -0.4 is 5.73 Å². The summed E-state index contributed by atoms with van der Waals surface area (Å²) in [6.45, 7) is 2.20. The Morgan fingerprint density at radius 3 is 2.78 bits per heavy atom. The smallest absolute Gasteiger partial charge is 0.0622 e. The van der Waals surface area contributed by atoms with Gasteiger partial charge in [-0.05, 0) is 12.2 Å². The summed E-state index contributed by atoms with van der Waals surface area (Å²) in [7, 11) is 0. The van der Waals surface area contributed by atoms with Gasteiger partial charge < -0.3 is 10.8 Å². The normalized spacial score (nSPS) is 43.7. The molecule has 0 aromatic rings. The Morgan fingerprint density at radius 2 is 2.56 bits per heavy atom. The van der Waals surface area contributed by atoms with Gasteiger partial charge in [0.05, 0.1) is 12.1 Å². The van der Waals surface area contributed by atoms with Gasteiger partial charge in [-0.15, -0.1) is 0 Å². The highest BCUT2D eigenvalue weighted by Gasteiger charge is 2.36. The molecule has 0 spiro atoms. The number of thioether (sulfide) groups is 1. The fourth-order valence-electron chi connectivity index (χ4n) is 1.00. The van der Waals surface area contributed by atoms with Crippen molar-refractivity contribution in [3.05, 3.63) is 0 Å². The van der Waals surface area contributed by atoms with Crippen molar-refractivity contribution in [2.24, 2.45) is 5.73 Å². The van der Waals surface area contributed by atoms with Gasteiger partial charge in [-0.2, -0.15) is 11.8 Å². The first kappa shape index (κ1) is 7.38. The summed E-state index contributed by atoms with van der Waals surface area (Å²) in [5.41, 5.74) is 5.54. The third-order valence-electron chi connectivity index (χ3n) is 2.04. The summed E-state index contributed by atoms with van der Waals surface area (Å²) >= 11 is 1.84. The molecule has 1 aliphatic rings. The van der Waals surface area contributed by atoms with Crippen molar-refractivity contribution in [2.45, 2.75) is 24.1 Å². The van der Waals surface area contributed by atoms with E-state index < -0.39 is 0 Å². The van der Waals surface area contributed by atoms with E-state index in [-0.39, 0.29) is 12.1 Å². The first-order valence-electron chi connectivity index (χ1n) is 3.20. The minimum Gasteiger partial charge on any atom is -0.394 e. The van der Waals surface area contributed by atoms with Gasteiger partial charge in [0.1, 0.15) is 0 Å². The molecular formula is C6H13NOS. The molecule has 1 aliphatic heterocycles. The predicted molar refractivity (Wildman–Crippen MR) is 40.5 cm³/mol. The number of rotatable bonds is 1. The Bertz CT molecular complexity index is 109. The average Bonchev–Trinajstić information content (AvgIpc) is 2.15. The van der Waals surface area contributed by atoms with Gasteiger partial charge in [0.15, 0.2) is 0 Å². The summed E-state index contributed by atoms with van der Waals surface area (Å²) in [5, 5.41) is 9.28. The highest BCUT2D eigenvalue weighted by molar-refractivity contribution is 8.00. The van der Waals surface area contributed by atoms with Crippen molar-refractivity contribution in [1.29, 1.82) is 0 Å². The molecule has 0 aliphatic carbocycles. The second-order valence-electron chi connectivity index (χ2n) is 2.65. The standard InChI is InChI=1S/C6H13NOS/c1-5-6(7,4-8)2-3-9-5/h5,8H,2-4,7H2,1H3. The summed E-state index contributed by atoms with van der Waals surface area (Å²) in [6.07, 6.45) is 0.954. The first-order valence-corrected chi connectivity index (χ1v) is 4.25. The van der Waals surface area contributed by atoms with Crippen LogP contribution >= 0.6 is 11.8 Å². The van der Waals surface area contributed by atoms with Crippen molar-refractivity contribution in [3.8, 4) is 0 Å². The fourth-order valence-corrected chi connectivity index (χ4v) is 2.38. The van der Waals surface area contributed by atoms with Crippen molar-refractivity contribution < 1.29 is 5.11 Å². The number of hydrogen-bond acceptors (Lipinski definition) is 3. The van der Waals surface area contributed by atoms with Gasteiger partial charge in [0, 0.05) is 5.25 Å². The predicted octanol–water partition coefficient (Wildman–Crippen LogP) is 0.202. The third-order valence-corrected chi connectivity index (χ3v) is 3.45. The van der Waals surface area contributed by atoms with Gasteiger partial charge >= 0.3 is 0 Å². The van der Waals surface area contributed by atoms with Gasteiger partial charge in [0.2, 0.25) is 0 Å². The minimum absolute atomic E-state index is 0.126. The van der Waals surface area contributed by atoms with Crippen LogP contribution in [0.3, 0.4) is 0 Å². The Morgan fingerprint density at radius 1 is 1.89 bits per heavy atom. The molecule has 2 atom stereocenters. The second kappa shape index (κ2) is 2.48. The van der Waals surface area contributed by atoms with Crippen molar-refractivity contribution in [2.75, 3.05) is 12.4 Å². The van der Waals surface area contributed by atoms with E-state index in [2.05, 4.69) is 6.92 Å². The maximum absolute atomic E-state index is 8.86. The van der Waals surface area contributed by atoms with E-state index >= 15 is 0 Å². The minimum atomic E-state index is -0.287. The van der Waals surface area contributed by atoms with E-state index in [9.17, 15) is 0 Å². The molecule has 54 valence electrons.